The Morgan fingerprint density at radius 2 is 1.96 bits per heavy atom. The number of thiazole rings is 1. The second kappa shape index (κ2) is 9.20. The number of benzene rings is 2. The Morgan fingerprint density at radius 1 is 1.18 bits per heavy atom. The van der Waals surface area contributed by atoms with Crippen LogP contribution in [0.1, 0.15) is 31.3 Å². The molecule has 1 aromatic heterocycles. The topological polar surface area (TPSA) is 55.1 Å². The van der Waals surface area contributed by atoms with Gasteiger partial charge >= 0.3 is 0 Å². The van der Waals surface area contributed by atoms with Crippen LogP contribution >= 0.6 is 11.3 Å². The molecule has 0 saturated carbocycles. The number of aromatic nitrogens is 1. The average molecular weight is 391 g/mol. The standard InChI is InChI=1S/C23H22N2O2S/c1-4-26-22-13-17(10-11-21(22)27-16(2)3)12-19(14-24)23-25-20(15-28-23)18-8-6-5-7-9-18/h5-13,15-16H,4H2,1-3H3. The van der Waals surface area contributed by atoms with Crippen molar-refractivity contribution < 1.29 is 9.47 Å². The van der Waals surface area contributed by atoms with Crippen LogP contribution in [0.3, 0.4) is 0 Å². The number of nitriles is 1. The van der Waals surface area contributed by atoms with Crippen molar-refractivity contribution in [2.75, 3.05) is 6.61 Å². The van der Waals surface area contributed by atoms with Crippen LogP contribution in [0, 0.1) is 11.3 Å². The smallest absolute Gasteiger partial charge is 0.161 e. The van der Waals surface area contributed by atoms with Crippen molar-refractivity contribution in [3.63, 3.8) is 0 Å². The molecule has 5 heteroatoms. The van der Waals surface area contributed by atoms with Crippen molar-refractivity contribution in [1.29, 1.82) is 5.26 Å². The first-order valence-electron chi connectivity index (χ1n) is 9.17. The summed E-state index contributed by atoms with van der Waals surface area (Å²) < 4.78 is 11.5. The Morgan fingerprint density at radius 3 is 2.64 bits per heavy atom. The van der Waals surface area contributed by atoms with Crippen molar-refractivity contribution >= 4 is 23.0 Å². The Kier molecular flexibility index (Phi) is 6.46. The van der Waals surface area contributed by atoms with E-state index in [1.807, 2.05) is 80.8 Å². The van der Waals surface area contributed by atoms with Crippen LogP contribution in [-0.4, -0.2) is 17.7 Å². The predicted molar refractivity (Wildman–Crippen MR) is 114 cm³/mol. The van der Waals surface area contributed by atoms with Gasteiger partial charge in [-0.2, -0.15) is 5.26 Å². The molecular weight excluding hydrogens is 368 g/mol. The van der Waals surface area contributed by atoms with E-state index < -0.39 is 0 Å². The number of rotatable bonds is 7. The van der Waals surface area contributed by atoms with Crippen LogP contribution in [0.2, 0.25) is 0 Å². The van der Waals surface area contributed by atoms with Gasteiger partial charge in [0.05, 0.1) is 24.0 Å². The van der Waals surface area contributed by atoms with Crippen LogP contribution < -0.4 is 9.47 Å². The van der Waals surface area contributed by atoms with Gasteiger partial charge in [-0.15, -0.1) is 11.3 Å². The van der Waals surface area contributed by atoms with Gasteiger partial charge in [0.15, 0.2) is 11.5 Å². The van der Waals surface area contributed by atoms with Crippen LogP contribution in [0.15, 0.2) is 53.9 Å². The molecule has 0 atom stereocenters. The normalized spacial score (nSPS) is 11.3. The molecule has 0 unspecified atom stereocenters. The van der Waals surface area contributed by atoms with E-state index in [-0.39, 0.29) is 6.10 Å². The van der Waals surface area contributed by atoms with Crippen molar-refractivity contribution in [1.82, 2.24) is 4.98 Å². The van der Waals surface area contributed by atoms with Gasteiger partial charge in [-0.05, 0) is 44.5 Å². The lowest BCUT2D eigenvalue weighted by Gasteiger charge is -2.15. The van der Waals surface area contributed by atoms with Gasteiger partial charge in [-0.25, -0.2) is 4.98 Å². The van der Waals surface area contributed by atoms with Crippen LogP contribution in [0.5, 0.6) is 11.5 Å². The average Bonchev–Trinajstić information content (AvgIpc) is 3.18. The quantitative estimate of drug-likeness (QED) is 0.460. The minimum absolute atomic E-state index is 0.0574. The van der Waals surface area contributed by atoms with E-state index in [2.05, 4.69) is 11.1 Å². The molecule has 0 fully saturated rings. The molecule has 0 amide bonds. The Hall–Kier alpha value is -3.10. The first-order valence-corrected chi connectivity index (χ1v) is 10.0. The zero-order valence-electron chi connectivity index (χ0n) is 16.2. The van der Waals surface area contributed by atoms with Crippen molar-refractivity contribution in [3.8, 4) is 28.8 Å². The Bertz CT molecular complexity index is 1000. The Balaban J connectivity index is 1.92. The zero-order valence-corrected chi connectivity index (χ0v) is 17.0. The molecule has 0 saturated heterocycles. The molecule has 0 aliphatic carbocycles. The first-order chi connectivity index (χ1) is 13.6. The second-order valence-corrected chi connectivity index (χ2v) is 7.24. The van der Waals surface area contributed by atoms with E-state index in [0.29, 0.717) is 28.7 Å². The van der Waals surface area contributed by atoms with E-state index in [9.17, 15) is 5.26 Å². The molecule has 0 aliphatic heterocycles. The summed E-state index contributed by atoms with van der Waals surface area (Å²) in [6.45, 7) is 6.43. The number of hydrogen-bond acceptors (Lipinski definition) is 5. The summed E-state index contributed by atoms with van der Waals surface area (Å²) in [6.07, 6.45) is 1.89. The SMILES string of the molecule is CCOc1cc(C=C(C#N)c2nc(-c3ccccc3)cs2)ccc1OC(C)C. The fraction of sp³-hybridized carbons (Fsp3) is 0.217. The highest BCUT2D eigenvalue weighted by Gasteiger charge is 2.11. The third kappa shape index (κ3) is 4.79. The first kappa shape index (κ1) is 19.7. The lowest BCUT2D eigenvalue weighted by Crippen LogP contribution is -2.07. The van der Waals surface area contributed by atoms with Crippen LogP contribution in [0.4, 0.5) is 0 Å². The molecule has 0 aliphatic rings. The highest BCUT2D eigenvalue weighted by atomic mass is 32.1. The summed E-state index contributed by atoms with van der Waals surface area (Å²) in [7, 11) is 0. The summed E-state index contributed by atoms with van der Waals surface area (Å²) in [5, 5.41) is 12.3. The number of hydrogen-bond donors (Lipinski definition) is 0. The van der Waals surface area contributed by atoms with E-state index in [4.69, 9.17) is 9.47 Å². The summed E-state index contributed by atoms with van der Waals surface area (Å²) >= 11 is 1.46. The monoisotopic (exact) mass is 390 g/mol. The molecule has 0 N–H and O–H groups in total. The van der Waals surface area contributed by atoms with Gasteiger partial charge in [0.25, 0.3) is 0 Å². The van der Waals surface area contributed by atoms with Gasteiger partial charge < -0.3 is 9.47 Å². The largest absolute Gasteiger partial charge is 0.490 e. The maximum Gasteiger partial charge on any atom is 0.161 e. The van der Waals surface area contributed by atoms with Crippen molar-refractivity contribution in [2.45, 2.75) is 26.9 Å². The van der Waals surface area contributed by atoms with Crippen LogP contribution in [0.25, 0.3) is 22.9 Å². The molecule has 0 radical (unpaired) electrons. The third-order valence-electron chi connectivity index (χ3n) is 3.87. The van der Waals surface area contributed by atoms with Gasteiger partial charge in [-0.1, -0.05) is 36.4 Å². The summed E-state index contributed by atoms with van der Waals surface area (Å²) in [5.74, 6) is 1.37. The summed E-state index contributed by atoms with van der Waals surface area (Å²) in [4.78, 5) is 4.64. The molecule has 1 heterocycles. The summed E-state index contributed by atoms with van der Waals surface area (Å²) in [6, 6.07) is 17.9. The molecule has 28 heavy (non-hydrogen) atoms. The fourth-order valence-electron chi connectivity index (χ4n) is 2.68. The second-order valence-electron chi connectivity index (χ2n) is 6.38. The predicted octanol–water partition coefficient (Wildman–Crippen LogP) is 6.06. The lowest BCUT2D eigenvalue weighted by atomic mass is 10.1. The molecular formula is C23H22N2O2S. The minimum Gasteiger partial charge on any atom is -0.490 e. The number of nitrogens with zero attached hydrogens (tertiary/aromatic N) is 2. The van der Waals surface area contributed by atoms with Gasteiger partial charge in [0.1, 0.15) is 11.1 Å². The fourth-order valence-corrected chi connectivity index (χ4v) is 3.48. The zero-order chi connectivity index (χ0) is 19.9. The minimum atomic E-state index is 0.0574. The van der Waals surface area contributed by atoms with Gasteiger partial charge in [0, 0.05) is 10.9 Å². The van der Waals surface area contributed by atoms with E-state index >= 15 is 0 Å². The number of ether oxygens (including phenoxy) is 2. The highest BCUT2D eigenvalue weighted by molar-refractivity contribution is 7.11. The maximum atomic E-state index is 9.66. The van der Waals surface area contributed by atoms with Gasteiger partial charge in [-0.3, -0.25) is 0 Å². The van der Waals surface area contributed by atoms with E-state index in [0.717, 1.165) is 16.8 Å². The van der Waals surface area contributed by atoms with Gasteiger partial charge in [0.2, 0.25) is 0 Å². The maximum absolute atomic E-state index is 9.66. The molecule has 3 aromatic rings. The molecule has 0 bridgehead atoms. The van der Waals surface area contributed by atoms with E-state index in [1.54, 1.807) is 0 Å². The van der Waals surface area contributed by atoms with Crippen molar-refractivity contribution in [3.05, 3.63) is 64.5 Å². The Labute approximate surface area is 169 Å². The van der Waals surface area contributed by atoms with Crippen LogP contribution in [-0.2, 0) is 0 Å². The molecule has 142 valence electrons. The van der Waals surface area contributed by atoms with E-state index in [1.165, 1.54) is 11.3 Å². The lowest BCUT2D eigenvalue weighted by molar-refractivity contribution is 0.224. The molecule has 4 nitrogen and oxygen atoms in total. The molecule has 3 rings (SSSR count). The highest BCUT2D eigenvalue weighted by Crippen LogP contribution is 2.32. The van der Waals surface area contributed by atoms with Crippen molar-refractivity contribution in [2.24, 2.45) is 0 Å². The molecule has 2 aromatic carbocycles. The summed E-state index contributed by atoms with van der Waals surface area (Å²) in [5.41, 5.74) is 3.30. The number of allylic oxidation sites excluding steroid dienone is 1. The third-order valence-corrected chi connectivity index (χ3v) is 4.74. The molecule has 0 spiro atoms.